The largest absolute Gasteiger partial charge is 0.436 e. The number of allylic oxidation sites excluding steroid dienone is 1. The van der Waals surface area contributed by atoms with Crippen molar-refractivity contribution >= 4 is 28.2 Å². The van der Waals surface area contributed by atoms with Crippen molar-refractivity contribution in [3.63, 3.8) is 0 Å². The molecule has 0 fully saturated rings. The van der Waals surface area contributed by atoms with Gasteiger partial charge in [0.25, 0.3) is 0 Å². The average Bonchev–Trinajstić information content (AvgIpc) is 3.12. The number of aryl methyl sites for hydroxylation is 1. The van der Waals surface area contributed by atoms with E-state index in [9.17, 15) is 18.0 Å². The topological polar surface area (TPSA) is 38.3 Å². The molecule has 3 nitrogen and oxygen atoms in total. The second-order valence-corrected chi connectivity index (χ2v) is 7.98. The molecule has 0 spiro atoms. The summed E-state index contributed by atoms with van der Waals surface area (Å²) in [6.07, 6.45) is 0.213. The van der Waals surface area contributed by atoms with Crippen LogP contribution in [0.15, 0.2) is 72.3 Å². The Balaban J connectivity index is 1.76. The van der Waals surface area contributed by atoms with Crippen LogP contribution in [0, 0.1) is 0 Å². The Kier molecular flexibility index (Phi) is 6.27. The first-order chi connectivity index (χ1) is 15.8. The highest BCUT2D eigenvalue weighted by Gasteiger charge is 2.35. The third kappa shape index (κ3) is 4.65. The number of nitrogens with one attached hydrogen (secondary N) is 1. The van der Waals surface area contributed by atoms with Gasteiger partial charge in [0.1, 0.15) is 0 Å². The van der Waals surface area contributed by atoms with Crippen LogP contribution in [0.4, 0.5) is 13.2 Å². The van der Waals surface area contributed by atoms with Crippen LogP contribution in [-0.2, 0) is 22.1 Å². The Morgan fingerprint density at radius 2 is 1.82 bits per heavy atom. The maximum Gasteiger partial charge on any atom is 0.416 e. The number of hydrogen-bond donors (Lipinski definition) is 1. The summed E-state index contributed by atoms with van der Waals surface area (Å²) < 4.78 is 45.4. The molecule has 0 bridgehead atoms. The van der Waals surface area contributed by atoms with Crippen molar-refractivity contribution < 1.29 is 22.7 Å². The van der Waals surface area contributed by atoms with Gasteiger partial charge in [0, 0.05) is 7.05 Å². The summed E-state index contributed by atoms with van der Waals surface area (Å²) in [5.74, 6) is -0.247. The van der Waals surface area contributed by atoms with Gasteiger partial charge in [-0.05, 0) is 58.5 Å². The first kappa shape index (κ1) is 22.6. The normalized spacial score (nSPS) is 15.4. The Morgan fingerprint density at radius 1 is 1.03 bits per heavy atom. The molecule has 1 N–H and O–H groups in total. The summed E-state index contributed by atoms with van der Waals surface area (Å²) in [6, 6.07) is 16.8. The Labute approximate surface area is 190 Å². The van der Waals surface area contributed by atoms with E-state index in [1.54, 1.807) is 13.1 Å². The number of ketones is 1. The molecule has 1 heterocycles. The van der Waals surface area contributed by atoms with Gasteiger partial charge >= 0.3 is 6.18 Å². The van der Waals surface area contributed by atoms with Crippen molar-refractivity contribution in [1.82, 2.24) is 5.32 Å². The van der Waals surface area contributed by atoms with E-state index < -0.39 is 17.5 Å². The molecule has 0 unspecified atom stereocenters. The van der Waals surface area contributed by atoms with E-state index in [1.807, 2.05) is 30.3 Å². The van der Waals surface area contributed by atoms with Gasteiger partial charge in [-0.3, -0.25) is 4.79 Å². The molecule has 0 aliphatic carbocycles. The number of Topliss-reactive ketones (excluding diaryl/α,β-unsaturated/α-hetero) is 1. The van der Waals surface area contributed by atoms with Gasteiger partial charge in [0.05, 0.1) is 11.1 Å². The number of rotatable bonds is 6. The third-order valence-corrected chi connectivity index (χ3v) is 5.65. The van der Waals surface area contributed by atoms with Crippen LogP contribution in [0.2, 0.25) is 0 Å². The summed E-state index contributed by atoms with van der Waals surface area (Å²) in [7, 11) is 1.57. The maximum atomic E-state index is 13.3. The first-order valence-corrected chi connectivity index (χ1v) is 10.9. The van der Waals surface area contributed by atoms with E-state index >= 15 is 0 Å². The van der Waals surface area contributed by atoms with Gasteiger partial charge in [-0.1, -0.05) is 61.9 Å². The number of halogens is 3. The molecule has 3 aromatic carbocycles. The van der Waals surface area contributed by atoms with Crippen molar-refractivity contribution in [2.24, 2.45) is 0 Å². The number of carbonyl (C=O) groups is 1. The highest BCUT2D eigenvalue weighted by Crippen LogP contribution is 2.36. The standard InChI is InChI=1S/C27H24F3NO2/c1-3-4-8-17-13-18-9-5-6-12-22(18)20(14-17)16-23-25(32)24(26(31-2)33-23)19-10-7-11-21(15-19)27(28,29)30/h5-7,9-16,31H,3-4,8H2,1-2H3/b23-16+. The Hall–Kier alpha value is -3.54. The quantitative estimate of drug-likeness (QED) is 0.422. The van der Waals surface area contributed by atoms with Crippen molar-refractivity contribution in [2.75, 3.05) is 7.05 Å². The fourth-order valence-corrected chi connectivity index (χ4v) is 4.01. The molecule has 0 saturated carbocycles. The molecule has 0 aromatic heterocycles. The predicted octanol–water partition coefficient (Wildman–Crippen LogP) is 6.73. The lowest BCUT2D eigenvalue weighted by Gasteiger charge is -2.09. The van der Waals surface area contributed by atoms with Gasteiger partial charge in [-0.25, -0.2) is 0 Å². The number of alkyl halides is 3. The van der Waals surface area contributed by atoms with Crippen LogP contribution in [0.3, 0.4) is 0 Å². The van der Waals surface area contributed by atoms with E-state index in [4.69, 9.17) is 4.74 Å². The predicted molar refractivity (Wildman–Crippen MR) is 124 cm³/mol. The fourth-order valence-electron chi connectivity index (χ4n) is 4.01. The van der Waals surface area contributed by atoms with E-state index in [2.05, 4.69) is 18.3 Å². The van der Waals surface area contributed by atoms with Crippen molar-refractivity contribution in [2.45, 2.75) is 32.4 Å². The van der Waals surface area contributed by atoms with E-state index in [1.165, 1.54) is 12.1 Å². The van der Waals surface area contributed by atoms with Crippen LogP contribution < -0.4 is 5.32 Å². The molecule has 4 rings (SSSR count). The van der Waals surface area contributed by atoms with Crippen LogP contribution >= 0.6 is 0 Å². The zero-order valence-electron chi connectivity index (χ0n) is 18.4. The van der Waals surface area contributed by atoms with Crippen molar-refractivity contribution in [1.29, 1.82) is 0 Å². The lowest BCUT2D eigenvalue weighted by atomic mass is 9.96. The fraction of sp³-hybridized carbons (Fsp3) is 0.222. The third-order valence-electron chi connectivity index (χ3n) is 5.65. The second kappa shape index (κ2) is 9.14. The maximum absolute atomic E-state index is 13.3. The number of unbranched alkanes of at least 4 members (excludes halogenated alkanes) is 1. The van der Waals surface area contributed by atoms with Gasteiger partial charge in [0.15, 0.2) is 5.76 Å². The summed E-state index contributed by atoms with van der Waals surface area (Å²) in [4.78, 5) is 13.3. The van der Waals surface area contributed by atoms with E-state index in [0.29, 0.717) is 0 Å². The number of fused-ring (bicyclic) bond motifs is 1. The molecule has 0 saturated heterocycles. The molecule has 1 aliphatic rings. The molecule has 1 aliphatic heterocycles. The number of carbonyl (C=O) groups excluding carboxylic acids is 1. The Morgan fingerprint density at radius 3 is 2.55 bits per heavy atom. The van der Waals surface area contributed by atoms with Gasteiger partial charge in [-0.15, -0.1) is 0 Å². The van der Waals surface area contributed by atoms with Crippen LogP contribution in [0.5, 0.6) is 0 Å². The molecule has 6 heteroatoms. The van der Waals surface area contributed by atoms with E-state index in [-0.39, 0.29) is 22.8 Å². The lowest BCUT2D eigenvalue weighted by Crippen LogP contribution is -2.09. The monoisotopic (exact) mass is 451 g/mol. The summed E-state index contributed by atoms with van der Waals surface area (Å²) in [6.45, 7) is 2.13. The second-order valence-electron chi connectivity index (χ2n) is 7.98. The summed E-state index contributed by atoms with van der Waals surface area (Å²) >= 11 is 0. The minimum Gasteiger partial charge on any atom is -0.436 e. The molecule has 0 amide bonds. The zero-order valence-corrected chi connectivity index (χ0v) is 18.4. The molecule has 3 aromatic rings. The minimum atomic E-state index is -4.50. The molecule has 170 valence electrons. The first-order valence-electron chi connectivity index (χ1n) is 10.9. The highest BCUT2D eigenvalue weighted by atomic mass is 19.4. The van der Waals surface area contributed by atoms with Crippen molar-refractivity contribution in [3.05, 3.63) is 94.6 Å². The van der Waals surface area contributed by atoms with Crippen LogP contribution in [-0.4, -0.2) is 12.8 Å². The average molecular weight is 451 g/mol. The van der Waals surface area contributed by atoms with Crippen molar-refractivity contribution in [3.8, 4) is 0 Å². The highest BCUT2D eigenvalue weighted by molar-refractivity contribution is 6.31. The zero-order chi connectivity index (χ0) is 23.6. The van der Waals surface area contributed by atoms with Gasteiger partial charge < -0.3 is 10.1 Å². The molecular formula is C27H24F3NO2. The lowest BCUT2D eigenvalue weighted by molar-refractivity contribution is -0.137. The smallest absolute Gasteiger partial charge is 0.416 e. The molecule has 0 radical (unpaired) electrons. The molecule has 33 heavy (non-hydrogen) atoms. The van der Waals surface area contributed by atoms with E-state index in [0.717, 1.165) is 53.3 Å². The minimum absolute atomic E-state index is 0.0737. The summed E-state index contributed by atoms with van der Waals surface area (Å²) in [5, 5.41) is 4.84. The number of benzene rings is 3. The summed E-state index contributed by atoms with van der Waals surface area (Å²) in [5.41, 5.74) is 1.42. The van der Waals surface area contributed by atoms with Crippen LogP contribution in [0.25, 0.3) is 22.4 Å². The van der Waals surface area contributed by atoms with Gasteiger partial charge in [0.2, 0.25) is 11.7 Å². The van der Waals surface area contributed by atoms with Gasteiger partial charge in [-0.2, -0.15) is 13.2 Å². The van der Waals surface area contributed by atoms with Crippen LogP contribution in [0.1, 0.15) is 42.0 Å². The number of ether oxygens (including phenoxy) is 1. The Bertz CT molecular complexity index is 1270. The SMILES string of the molecule is CCCCc1cc(/C=C2/OC(NC)=C(c3cccc(C(F)(F)F)c3)C2=O)c2ccccc2c1. The number of hydrogen-bond acceptors (Lipinski definition) is 3. The molecular weight excluding hydrogens is 427 g/mol. The molecule has 0 atom stereocenters.